The van der Waals surface area contributed by atoms with Crippen molar-refractivity contribution in [2.45, 2.75) is 13.0 Å². The second-order valence-corrected chi connectivity index (χ2v) is 4.16. The van der Waals surface area contributed by atoms with Gasteiger partial charge in [0.15, 0.2) is 0 Å². The molecule has 0 aliphatic heterocycles. The van der Waals surface area contributed by atoms with E-state index in [0.29, 0.717) is 16.6 Å². The molecule has 1 amide bonds. The summed E-state index contributed by atoms with van der Waals surface area (Å²) in [5, 5.41) is 2.58. The Bertz CT molecular complexity index is 350. The van der Waals surface area contributed by atoms with E-state index in [9.17, 15) is 9.18 Å². The molecule has 1 rings (SSSR count). The highest BCUT2D eigenvalue weighted by Gasteiger charge is 2.08. The van der Waals surface area contributed by atoms with Gasteiger partial charge in [0, 0.05) is 24.0 Å². The molecule has 0 aliphatic rings. The smallest absolute Gasteiger partial charge is 0.216 e. The Hall–Kier alpha value is -0.940. The lowest BCUT2D eigenvalue weighted by atomic mass is 10.1. The number of rotatable bonds is 3. The van der Waals surface area contributed by atoms with Crippen molar-refractivity contribution in [3.8, 4) is 0 Å². The van der Waals surface area contributed by atoms with Crippen LogP contribution < -0.4 is 11.1 Å². The molecule has 0 spiro atoms. The fourth-order valence-electron chi connectivity index (χ4n) is 1.16. The van der Waals surface area contributed by atoms with Gasteiger partial charge in [0.1, 0.15) is 5.82 Å². The van der Waals surface area contributed by atoms with Crippen LogP contribution in [0.4, 0.5) is 4.39 Å². The predicted molar refractivity (Wildman–Crippen MR) is 59.7 cm³/mol. The molecule has 0 saturated heterocycles. The number of carbonyl (C=O) groups excluding carboxylic acids is 1. The summed E-state index contributed by atoms with van der Waals surface area (Å²) in [6.07, 6.45) is 0. The monoisotopic (exact) mass is 274 g/mol. The van der Waals surface area contributed by atoms with Crippen molar-refractivity contribution in [2.75, 3.05) is 6.54 Å². The van der Waals surface area contributed by atoms with Gasteiger partial charge in [0.05, 0.1) is 0 Å². The van der Waals surface area contributed by atoms with Crippen molar-refractivity contribution in [1.82, 2.24) is 5.32 Å². The van der Waals surface area contributed by atoms with Gasteiger partial charge in [0.2, 0.25) is 5.91 Å². The van der Waals surface area contributed by atoms with Gasteiger partial charge in [-0.05, 0) is 23.8 Å². The average molecular weight is 275 g/mol. The maximum Gasteiger partial charge on any atom is 0.216 e. The Morgan fingerprint density at radius 2 is 2.27 bits per heavy atom. The molecule has 0 heterocycles. The summed E-state index contributed by atoms with van der Waals surface area (Å²) >= 11 is 3.18. The van der Waals surface area contributed by atoms with Crippen LogP contribution in [0.5, 0.6) is 0 Å². The van der Waals surface area contributed by atoms with Crippen molar-refractivity contribution >= 4 is 21.8 Å². The minimum Gasteiger partial charge on any atom is -0.354 e. The standard InChI is InChI=1S/C10H12BrFN2O/c1-6(15)14-5-10(13)7-2-8(11)4-9(12)3-7/h2-4,10H,5,13H2,1H3,(H,14,15). The molecule has 3 N–H and O–H groups in total. The van der Waals surface area contributed by atoms with Crippen LogP contribution in [0.25, 0.3) is 0 Å². The lowest BCUT2D eigenvalue weighted by molar-refractivity contribution is -0.119. The van der Waals surface area contributed by atoms with Gasteiger partial charge in [-0.15, -0.1) is 0 Å². The molecule has 0 radical (unpaired) electrons. The number of hydrogen-bond acceptors (Lipinski definition) is 2. The highest BCUT2D eigenvalue weighted by Crippen LogP contribution is 2.18. The van der Waals surface area contributed by atoms with Crippen LogP contribution >= 0.6 is 15.9 Å². The zero-order chi connectivity index (χ0) is 11.4. The molecular weight excluding hydrogens is 263 g/mol. The maximum absolute atomic E-state index is 13.0. The predicted octanol–water partition coefficient (Wildman–Crippen LogP) is 1.72. The van der Waals surface area contributed by atoms with Gasteiger partial charge in [0.25, 0.3) is 0 Å². The van der Waals surface area contributed by atoms with Crippen molar-refractivity contribution < 1.29 is 9.18 Å². The lowest BCUT2D eigenvalue weighted by Gasteiger charge is -2.12. The Morgan fingerprint density at radius 3 is 2.80 bits per heavy atom. The molecule has 0 saturated carbocycles. The van der Waals surface area contributed by atoms with E-state index in [-0.39, 0.29) is 11.7 Å². The molecule has 15 heavy (non-hydrogen) atoms. The molecular formula is C10H12BrFN2O. The number of nitrogens with two attached hydrogens (primary N) is 1. The summed E-state index contributed by atoms with van der Waals surface area (Å²) in [6.45, 7) is 1.71. The zero-order valence-electron chi connectivity index (χ0n) is 8.26. The van der Waals surface area contributed by atoms with Crippen LogP contribution in [0.1, 0.15) is 18.5 Å². The van der Waals surface area contributed by atoms with E-state index in [1.54, 1.807) is 6.07 Å². The molecule has 1 aromatic rings. The van der Waals surface area contributed by atoms with Crippen molar-refractivity contribution in [3.05, 3.63) is 34.1 Å². The third-order valence-corrected chi connectivity index (χ3v) is 2.34. The van der Waals surface area contributed by atoms with Gasteiger partial charge in [-0.2, -0.15) is 0 Å². The minimum absolute atomic E-state index is 0.152. The quantitative estimate of drug-likeness (QED) is 0.882. The summed E-state index contributed by atoms with van der Waals surface area (Å²) in [6, 6.07) is 4.04. The Labute approximate surface area is 96.0 Å². The largest absolute Gasteiger partial charge is 0.354 e. The van der Waals surface area contributed by atoms with Crippen LogP contribution in [-0.2, 0) is 4.79 Å². The van der Waals surface area contributed by atoms with Gasteiger partial charge < -0.3 is 11.1 Å². The summed E-state index contributed by atoms with van der Waals surface area (Å²) in [7, 11) is 0. The van der Waals surface area contributed by atoms with Gasteiger partial charge in [-0.25, -0.2) is 4.39 Å². The second-order valence-electron chi connectivity index (χ2n) is 3.25. The van der Waals surface area contributed by atoms with E-state index >= 15 is 0 Å². The minimum atomic E-state index is -0.402. The van der Waals surface area contributed by atoms with E-state index in [2.05, 4.69) is 21.2 Å². The topological polar surface area (TPSA) is 55.1 Å². The third kappa shape index (κ3) is 3.97. The normalized spacial score (nSPS) is 12.3. The fraction of sp³-hybridized carbons (Fsp3) is 0.300. The number of carbonyl (C=O) groups is 1. The van der Waals surface area contributed by atoms with E-state index in [1.807, 2.05) is 0 Å². The number of hydrogen-bond donors (Lipinski definition) is 2. The van der Waals surface area contributed by atoms with E-state index < -0.39 is 6.04 Å². The van der Waals surface area contributed by atoms with Crippen LogP contribution in [0, 0.1) is 5.82 Å². The molecule has 0 bridgehead atoms. The number of nitrogens with one attached hydrogen (secondary N) is 1. The first kappa shape index (κ1) is 12.1. The Balaban J connectivity index is 2.72. The molecule has 82 valence electrons. The molecule has 1 atom stereocenters. The van der Waals surface area contributed by atoms with E-state index in [1.165, 1.54) is 19.1 Å². The first-order valence-corrected chi connectivity index (χ1v) is 5.24. The molecule has 1 aromatic carbocycles. The maximum atomic E-state index is 13.0. The molecule has 0 aliphatic carbocycles. The van der Waals surface area contributed by atoms with Gasteiger partial charge in [-0.3, -0.25) is 4.79 Å². The van der Waals surface area contributed by atoms with Crippen molar-refractivity contribution in [2.24, 2.45) is 5.73 Å². The Morgan fingerprint density at radius 1 is 1.60 bits per heavy atom. The first-order valence-electron chi connectivity index (χ1n) is 4.45. The zero-order valence-corrected chi connectivity index (χ0v) is 9.84. The molecule has 0 aromatic heterocycles. The second kappa shape index (κ2) is 5.23. The van der Waals surface area contributed by atoms with Crippen LogP contribution in [0.2, 0.25) is 0 Å². The third-order valence-electron chi connectivity index (χ3n) is 1.88. The van der Waals surface area contributed by atoms with Gasteiger partial charge in [-0.1, -0.05) is 15.9 Å². The van der Waals surface area contributed by atoms with Crippen LogP contribution in [0.3, 0.4) is 0 Å². The van der Waals surface area contributed by atoms with Crippen LogP contribution in [0.15, 0.2) is 22.7 Å². The Kier molecular flexibility index (Phi) is 4.23. The summed E-state index contributed by atoms with van der Waals surface area (Å²) < 4.78 is 13.6. The molecule has 5 heteroatoms. The summed E-state index contributed by atoms with van der Waals surface area (Å²) in [5.41, 5.74) is 6.43. The number of benzene rings is 1. The highest BCUT2D eigenvalue weighted by molar-refractivity contribution is 9.10. The number of halogens is 2. The highest BCUT2D eigenvalue weighted by atomic mass is 79.9. The van der Waals surface area contributed by atoms with E-state index in [0.717, 1.165) is 0 Å². The fourth-order valence-corrected chi connectivity index (χ4v) is 1.64. The van der Waals surface area contributed by atoms with Gasteiger partial charge >= 0.3 is 0 Å². The molecule has 0 fully saturated rings. The summed E-state index contributed by atoms with van der Waals surface area (Å²) in [4.78, 5) is 10.7. The van der Waals surface area contributed by atoms with Crippen molar-refractivity contribution in [3.63, 3.8) is 0 Å². The van der Waals surface area contributed by atoms with Crippen LogP contribution in [-0.4, -0.2) is 12.5 Å². The first-order chi connectivity index (χ1) is 6.99. The summed E-state index contributed by atoms with van der Waals surface area (Å²) in [5.74, 6) is -0.501. The number of amides is 1. The molecule has 3 nitrogen and oxygen atoms in total. The van der Waals surface area contributed by atoms with E-state index in [4.69, 9.17) is 5.73 Å². The SMILES string of the molecule is CC(=O)NCC(N)c1cc(F)cc(Br)c1. The molecule has 1 unspecified atom stereocenters. The average Bonchev–Trinajstić information content (AvgIpc) is 2.12. The lowest BCUT2D eigenvalue weighted by Crippen LogP contribution is -2.30. The van der Waals surface area contributed by atoms with Crippen molar-refractivity contribution in [1.29, 1.82) is 0 Å².